The summed E-state index contributed by atoms with van der Waals surface area (Å²) in [5, 5.41) is 4.14. The summed E-state index contributed by atoms with van der Waals surface area (Å²) in [6, 6.07) is 8.12. The van der Waals surface area contributed by atoms with E-state index in [1.54, 1.807) is 0 Å². The standard InChI is InChI=1S/C29H45N5O2/c1-3-5-6-7-8-9-10-11-12-19-26(35)31-20-15-16-23(21-36-4-2)34-22-32-27-28(34)24-17-13-14-18-25(24)33-29(27)30/h13-14,17-18,22-23H,3-12,15-16,19-21H2,1-2H3,(H2,30,33)(H,31,35). The summed E-state index contributed by atoms with van der Waals surface area (Å²) in [5.74, 6) is 0.610. The molecule has 198 valence electrons. The van der Waals surface area contributed by atoms with E-state index in [2.05, 4.69) is 32.8 Å². The van der Waals surface area contributed by atoms with Crippen molar-refractivity contribution in [1.29, 1.82) is 0 Å². The second kappa shape index (κ2) is 15.4. The van der Waals surface area contributed by atoms with Crippen LogP contribution in [0, 0.1) is 0 Å². The Morgan fingerprint density at radius 2 is 1.75 bits per heavy atom. The maximum absolute atomic E-state index is 12.3. The highest BCUT2D eigenvalue weighted by atomic mass is 16.5. The van der Waals surface area contributed by atoms with E-state index in [-0.39, 0.29) is 11.9 Å². The number of carbonyl (C=O) groups is 1. The van der Waals surface area contributed by atoms with E-state index >= 15 is 0 Å². The van der Waals surface area contributed by atoms with Crippen LogP contribution in [0.5, 0.6) is 0 Å². The molecule has 0 bridgehead atoms. The third-order valence-corrected chi connectivity index (χ3v) is 6.89. The van der Waals surface area contributed by atoms with Crippen molar-refractivity contribution >= 4 is 33.7 Å². The first-order chi connectivity index (χ1) is 17.7. The molecule has 1 atom stereocenters. The fourth-order valence-electron chi connectivity index (χ4n) is 4.85. The summed E-state index contributed by atoms with van der Waals surface area (Å²) < 4.78 is 7.99. The highest BCUT2D eigenvalue weighted by molar-refractivity contribution is 6.06. The van der Waals surface area contributed by atoms with Crippen LogP contribution < -0.4 is 11.1 Å². The molecule has 3 aromatic rings. The van der Waals surface area contributed by atoms with Crippen LogP contribution in [0.2, 0.25) is 0 Å². The van der Waals surface area contributed by atoms with Crippen LogP contribution in [0.4, 0.5) is 5.82 Å². The molecule has 0 fully saturated rings. The molecule has 7 heteroatoms. The molecular weight excluding hydrogens is 450 g/mol. The molecular formula is C29H45N5O2. The zero-order valence-electron chi connectivity index (χ0n) is 22.3. The van der Waals surface area contributed by atoms with Gasteiger partial charge in [0.1, 0.15) is 5.52 Å². The minimum Gasteiger partial charge on any atom is -0.382 e. The van der Waals surface area contributed by atoms with Crippen molar-refractivity contribution in [2.75, 3.05) is 25.5 Å². The van der Waals surface area contributed by atoms with Gasteiger partial charge in [-0.2, -0.15) is 0 Å². The minimum atomic E-state index is 0.106. The first-order valence-electron chi connectivity index (χ1n) is 14.0. The van der Waals surface area contributed by atoms with Crippen LogP contribution in [0.25, 0.3) is 21.9 Å². The molecule has 1 unspecified atom stereocenters. The van der Waals surface area contributed by atoms with E-state index < -0.39 is 0 Å². The maximum Gasteiger partial charge on any atom is 0.219 e. The van der Waals surface area contributed by atoms with Gasteiger partial charge in [0.05, 0.1) is 30.0 Å². The number of nitrogens with one attached hydrogen (secondary N) is 1. The third-order valence-electron chi connectivity index (χ3n) is 6.89. The van der Waals surface area contributed by atoms with Gasteiger partial charge in [-0.15, -0.1) is 0 Å². The zero-order valence-corrected chi connectivity index (χ0v) is 22.3. The number of pyridine rings is 1. The Kier molecular flexibility index (Phi) is 12.0. The van der Waals surface area contributed by atoms with Crippen molar-refractivity contribution in [2.45, 2.75) is 96.9 Å². The molecule has 0 aliphatic heterocycles. The monoisotopic (exact) mass is 495 g/mol. The van der Waals surface area contributed by atoms with Crippen LogP contribution >= 0.6 is 0 Å². The largest absolute Gasteiger partial charge is 0.382 e. The highest BCUT2D eigenvalue weighted by Crippen LogP contribution is 2.30. The van der Waals surface area contributed by atoms with Crippen molar-refractivity contribution in [3.63, 3.8) is 0 Å². The van der Waals surface area contributed by atoms with Crippen LogP contribution in [0.1, 0.15) is 96.9 Å². The number of nitrogens with zero attached hydrogens (tertiary/aromatic N) is 3. The van der Waals surface area contributed by atoms with Gasteiger partial charge in [-0.1, -0.05) is 76.5 Å². The highest BCUT2D eigenvalue weighted by Gasteiger charge is 2.18. The molecule has 36 heavy (non-hydrogen) atoms. The number of anilines is 1. The smallest absolute Gasteiger partial charge is 0.219 e. The molecule has 1 amide bonds. The molecule has 3 rings (SSSR count). The number of aromatic nitrogens is 3. The van der Waals surface area contributed by atoms with E-state index in [1.165, 1.54) is 44.9 Å². The Morgan fingerprint density at radius 1 is 1.03 bits per heavy atom. The van der Waals surface area contributed by atoms with Gasteiger partial charge in [0.2, 0.25) is 5.91 Å². The van der Waals surface area contributed by atoms with Crippen LogP contribution in [0.3, 0.4) is 0 Å². The Morgan fingerprint density at radius 3 is 2.50 bits per heavy atom. The Bertz CT molecular complexity index is 1060. The van der Waals surface area contributed by atoms with Crippen molar-refractivity contribution in [3.05, 3.63) is 30.6 Å². The lowest BCUT2D eigenvalue weighted by Gasteiger charge is -2.20. The number of para-hydroxylation sites is 1. The van der Waals surface area contributed by atoms with Gasteiger partial charge in [0, 0.05) is 25.0 Å². The quantitative estimate of drug-likeness (QED) is 0.195. The summed E-state index contributed by atoms with van der Waals surface area (Å²) in [4.78, 5) is 21.4. The number of carbonyl (C=O) groups excluding carboxylic acids is 1. The lowest BCUT2D eigenvalue weighted by atomic mass is 10.1. The van der Waals surface area contributed by atoms with Crippen LogP contribution in [0.15, 0.2) is 30.6 Å². The Labute approximate surface area is 216 Å². The number of rotatable bonds is 18. The van der Waals surface area contributed by atoms with E-state index in [0.717, 1.165) is 47.6 Å². The molecule has 3 N–H and O–H groups in total. The SMILES string of the molecule is CCCCCCCCCCCC(=O)NCCCC(COCC)n1cnc2c(N)nc3ccccc3c21. The normalized spacial score (nSPS) is 12.4. The van der Waals surface area contributed by atoms with Crippen LogP contribution in [-0.4, -0.2) is 40.2 Å². The molecule has 1 aromatic carbocycles. The number of amides is 1. The molecule has 0 spiro atoms. The van der Waals surface area contributed by atoms with Crippen LogP contribution in [-0.2, 0) is 9.53 Å². The Balaban J connectivity index is 1.46. The van der Waals surface area contributed by atoms with Gasteiger partial charge in [0.15, 0.2) is 5.82 Å². The summed E-state index contributed by atoms with van der Waals surface area (Å²) >= 11 is 0. The number of benzene rings is 1. The minimum absolute atomic E-state index is 0.106. The first kappa shape index (κ1) is 27.9. The van der Waals surface area contributed by atoms with E-state index in [4.69, 9.17) is 10.5 Å². The fourth-order valence-corrected chi connectivity index (χ4v) is 4.85. The topological polar surface area (TPSA) is 95.1 Å². The molecule has 0 radical (unpaired) electrons. The molecule has 0 aliphatic carbocycles. The molecule has 2 heterocycles. The number of unbranched alkanes of at least 4 members (excludes halogenated alkanes) is 8. The number of nitrogen functional groups attached to an aromatic ring is 1. The molecule has 0 aliphatic rings. The number of ether oxygens (including phenoxy) is 1. The predicted octanol–water partition coefficient (Wildman–Crippen LogP) is 6.56. The maximum atomic E-state index is 12.3. The fraction of sp³-hybridized carbons (Fsp3) is 0.621. The van der Waals surface area contributed by atoms with Crippen molar-refractivity contribution in [1.82, 2.24) is 19.9 Å². The van der Waals surface area contributed by atoms with E-state index in [9.17, 15) is 4.79 Å². The van der Waals surface area contributed by atoms with Crippen molar-refractivity contribution in [3.8, 4) is 0 Å². The van der Waals surface area contributed by atoms with Crippen molar-refractivity contribution in [2.24, 2.45) is 0 Å². The summed E-state index contributed by atoms with van der Waals surface area (Å²) in [5.41, 5.74) is 8.80. The molecule has 2 aromatic heterocycles. The number of hydrogen-bond acceptors (Lipinski definition) is 5. The van der Waals surface area contributed by atoms with Crippen molar-refractivity contribution < 1.29 is 9.53 Å². The van der Waals surface area contributed by atoms with Gasteiger partial charge in [-0.25, -0.2) is 9.97 Å². The van der Waals surface area contributed by atoms with E-state index in [1.807, 2.05) is 31.5 Å². The number of hydrogen-bond donors (Lipinski definition) is 2. The second-order valence-electron chi connectivity index (χ2n) is 9.75. The zero-order chi connectivity index (χ0) is 25.6. The third kappa shape index (κ3) is 8.19. The van der Waals surface area contributed by atoms with Gasteiger partial charge in [0.25, 0.3) is 0 Å². The number of fused-ring (bicyclic) bond motifs is 3. The summed E-state index contributed by atoms with van der Waals surface area (Å²) in [6.07, 6.45) is 15.6. The lowest BCUT2D eigenvalue weighted by Crippen LogP contribution is -2.25. The van der Waals surface area contributed by atoms with Gasteiger partial charge in [-0.3, -0.25) is 4.79 Å². The average Bonchev–Trinajstić information content (AvgIpc) is 3.33. The van der Waals surface area contributed by atoms with Gasteiger partial charge < -0.3 is 20.4 Å². The lowest BCUT2D eigenvalue weighted by molar-refractivity contribution is -0.121. The van der Waals surface area contributed by atoms with Gasteiger partial charge in [-0.05, 0) is 32.3 Å². The molecule has 0 saturated carbocycles. The first-order valence-corrected chi connectivity index (χ1v) is 14.0. The second-order valence-corrected chi connectivity index (χ2v) is 9.75. The van der Waals surface area contributed by atoms with Gasteiger partial charge >= 0.3 is 0 Å². The molecule has 7 nitrogen and oxygen atoms in total. The Hall–Kier alpha value is -2.67. The average molecular weight is 496 g/mol. The predicted molar refractivity (Wildman–Crippen MR) is 149 cm³/mol. The summed E-state index contributed by atoms with van der Waals surface area (Å²) in [6.45, 7) is 6.18. The molecule has 0 saturated heterocycles. The number of imidazole rings is 1. The summed E-state index contributed by atoms with van der Waals surface area (Å²) in [7, 11) is 0. The van der Waals surface area contributed by atoms with E-state index in [0.29, 0.717) is 32.0 Å². The number of nitrogens with two attached hydrogens (primary N) is 1.